The first-order valence-corrected chi connectivity index (χ1v) is 5.14. The smallest absolute Gasteiger partial charge is 0.266 e. The molecule has 1 aromatic heterocycles. The second kappa shape index (κ2) is 4.69. The Kier molecular flexibility index (Phi) is 3.09. The summed E-state index contributed by atoms with van der Waals surface area (Å²) in [6.45, 7) is 0.502. The van der Waals surface area contributed by atoms with Gasteiger partial charge < -0.3 is 15.0 Å². The monoisotopic (exact) mass is 231 g/mol. The predicted molar refractivity (Wildman–Crippen MR) is 62.8 cm³/mol. The average molecular weight is 231 g/mol. The van der Waals surface area contributed by atoms with Crippen molar-refractivity contribution >= 4 is 5.91 Å². The van der Waals surface area contributed by atoms with Crippen molar-refractivity contribution in [2.45, 2.75) is 6.54 Å². The molecule has 0 aliphatic carbocycles. The molecule has 0 fully saturated rings. The van der Waals surface area contributed by atoms with E-state index < -0.39 is 5.91 Å². The number of imidazole rings is 1. The number of hydrogen-bond acceptors (Lipinski definition) is 3. The number of hydrogen-bond donors (Lipinski definition) is 1. The van der Waals surface area contributed by atoms with Crippen molar-refractivity contribution in [1.82, 2.24) is 9.55 Å². The largest absolute Gasteiger partial charge is 0.496 e. The van der Waals surface area contributed by atoms with E-state index in [0.29, 0.717) is 12.2 Å². The summed E-state index contributed by atoms with van der Waals surface area (Å²) >= 11 is 0. The average Bonchev–Trinajstić information content (AvgIpc) is 2.78. The van der Waals surface area contributed by atoms with Crippen LogP contribution in [0.15, 0.2) is 36.8 Å². The van der Waals surface area contributed by atoms with Crippen molar-refractivity contribution < 1.29 is 9.53 Å². The molecule has 5 nitrogen and oxygen atoms in total. The molecule has 0 saturated carbocycles. The highest BCUT2D eigenvalue weighted by atomic mass is 16.5. The van der Waals surface area contributed by atoms with E-state index in [1.165, 1.54) is 6.20 Å². The molecular formula is C12H13N3O2. The quantitative estimate of drug-likeness (QED) is 0.854. The molecule has 0 spiro atoms. The number of benzene rings is 1. The van der Waals surface area contributed by atoms with Crippen LogP contribution < -0.4 is 10.5 Å². The van der Waals surface area contributed by atoms with E-state index in [2.05, 4.69) is 4.98 Å². The van der Waals surface area contributed by atoms with Crippen molar-refractivity contribution in [3.8, 4) is 5.75 Å². The predicted octanol–water partition coefficient (Wildman–Crippen LogP) is 1.04. The summed E-state index contributed by atoms with van der Waals surface area (Å²) in [6, 6.07) is 7.61. The van der Waals surface area contributed by atoms with E-state index in [4.69, 9.17) is 10.5 Å². The Labute approximate surface area is 98.8 Å². The molecule has 2 rings (SSSR count). The van der Waals surface area contributed by atoms with E-state index in [9.17, 15) is 4.79 Å². The number of carbonyl (C=O) groups is 1. The molecular weight excluding hydrogens is 218 g/mol. The van der Waals surface area contributed by atoms with Crippen LogP contribution in [0.2, 0.25) is 0 Å². The Bertz CT molecular complexity index is 534. The molecule has 0 aliphatic rings. The molecule has 0 atom stereocenters. The van der Waals surface area contributed by atoms with Gasteiger partial charge in [0.15, 0.2) is 0 Å². The van der Waals surface area contributed by atoms with E-state index in [0.717, 1.165) is 11.3 Å². The van der Waals surface area contributed by atoms with E-state index >= 15 is 0 Å². The van der Waals surface area contributed by atoms with Gasteiger partial charge in [0.1, 0.15) is 11.4 Å². The Morgan fingerprint density at radius 1 is 1.47 bits per heavy atom. The molecule has 0 bridgehead atoms. The lowest BCUT2D eigenvalue weighted by Crippen LogP contribution is -2.17. The minimum absolute atomic E-state index is 0.385. The van der Waals surface area contributed by atoms with Gasteiger partial charge in [-0.25, -0.2) is 4.98 Å². The van der Waals surface area contributed by atoms with Gasteiger partial charge in [0.05, 0.1) is 26.2 Å². The van der Waals surface area contributed by atoms with Gasteiger partial charge in [-0.1, -0.05) is 18.2 Å². The minimum atomic E-state index is -0.489. The first-order chi connectivity index (χ1) is 8.22. The highest BCUT2D eigenvalue weighted by Crippen LogP contribution is 2.18. The molecule has 1 heterocycles. The molecule has 2 aromatic rings. The molecule has 0 radical (unpaired) electrons. The molecule has 0 unspecified atom stereocenters. The lowest BCUT2D eigenvalue weighted by atomic mass is 10.2. The van der Waals surface area contributed by atoms with Crippen LogP contribution in [-0.4, -0.2) is 22.6 Å². The highest BCUT2D eigenvalue weighted by molar-refractivity contribution is 5.90. The van der Waals surface area contributed by atoms with Crippen LogP contribution in [0.3, 0.4) is 0 Å². The number of carbonyl (C=O) groups excluding carboxylic acids is 1. The van der Waals surface area contributed by atoms with Gasteiger partial charge in [-0.2, -0.15) is 0 Å². The lowest BCUT2D eigenvalue weighted by Gasteiger charge is -2.10. The summed E-state index contributed by atoms with van der Waals surface area (Å²) in [5, 5.41) is 0. The van der Waals surface area contributed by atoms with Crippen molar-refractivity contribution in [3.63, 3.8) is 0 Å². The molecule has 1 aromatic carbocycles. The molecule has 0 aliphatic heterocycles. The first kappa shape index (κ1) is 11.2. The Morgan fingerprint density at radius 2 is 2.24 bits per heavy atom. The lowest BCUT2D eigenvalue weighted by molar-refractivity contribution is 0.0992. The van der Waals surface area contributed by atoms with Crippen molar-refractivity contribution in [1.29, 1.82) is 0 Å². The van der Waals surface area contributed by atoms with Crippen LogP contribution in [0.4, 0.5) is 0 Å². The number of ether oxygens (including phenoxy) is 1. The Morgan fingerprint density at radius 3 is 2.94 bits per heavy atom. The Balaban J connectivity index is 2.31. The van der Waals surface area contributed by atoms with Crippen LogP contribution in [0, 0.1) is 0 Å². The number of methoxy groups -OCH3 is 1. The van der Waals surface area contributed by atoms with E-state index in [-0.39, 0.29) is 0 Å². The minimum Gasteiger partial charge on any atom is -0.496 e. The summed E-state index contributed by atoms with van der Waals surface area (Å²) in [4.78, 5) is 15.1. The molecule has 2 N–H and O–H groups in total. The third-order valence-corrected chi connectivity index (χ3v) is 2.50. The fraction of sp³-hybridized carbons (Fsp3) is 0.167. The maximum Gasteiger partial charge on any atom is 0.266 e. The number of rotatable bonds is 4. The molecule has 0 saturated heterocycles. The molecule has 5 heteroatoms. The summed E-state index contributed by atoms with van der Waals surface area (Å²) in [7, 11) is 1.61. The number of nitrogens with zero attached hydrogens (tertiary/aromatic N) is 2. The van der Waals surface area contributed by atoms with Gasteiger partial charge in [-0.3, -0.25) is 4.79 Å². The van der Waals surface area contributed by atoms with Crippen LogP contribution in [0.25, 0.3) is 0 Å². The zero-order valence-electron chi connectivity index (χ0n) is 9.46. The number of nitrogens with two attached hydrogens (primary N) is 1. The zero-order valence-corrected chi connectivity index (χ0v) is 9.46. The SMILES string of the molecule is COc1ccccc1Cn1cncc1C(N)=O. The van der Waals surface area contributed by atoms with Gasteiger partial charge in [-0.15, -0.1) is 0 Å². The molecule has 88 valence electrons. The van der Waals surface area contributed by atoms with Gasteiger partial charge in [0, 0.05) is 5.56 Å². The normalized spacial score (nSPS) is 10.2. The fourth-order valence-corrected chi connectivity index (χ4v) is 1.67. The fourth-order valence-electron chi connectivity index (χ4n) is 1.67. The number of primary amides is 1. The van der Waals surface area contributed by atoms with Crippen molar-refractivity contribution in [3.05, 3.63) is 48.0 Å². The van der Waals surface area contributed by atoms with E-state index in [1.54, 1.807) is 18.0 Å². The number of para-hydroxylation sites is 1. The topological polar surface area (TPSA) is 70.1 Å². The van der Waals surface area contributed by atoms with Crippen LogP contribution in [0.1, 0.15) is 16.1 Å². The second-order valence-corrected chi connectivity index (χ2v) is 3.58. The molecule has 1 amide bonds. The number of amides is 1. The summed E-state index contributed by atoms with van der Waals surface area (Å²) in [5.74, 6) is 0.286. The van der Waals surface area contributed by atoms with E-state index in [1.807, 2.05) is 24.3 Å². The molecule has 17 heavy (non-hydrogen) atoms. The third-order valence-electron chi connectivity index (χ3n) is 2.50. The van der Waals surface area contributed by atoms with Gasteiger partial charge in [0.2, 0.25) is 0 Å². The number of aromatic nitrogens is 2. The third kappa shape index (κ3) is 2.28. The van der Waals surface area contributed by atoms with Gasteiger partial charge in [0.25, 0.3) is 5.91 Å². The Hall–Kier alpha value is -2.30. The summed E-state index contributed by atoms with van der Waals surface area (Å²) in [5.41, 5.74) is 6.61. The first-order valence-electron chi connectivity index (χ1n) is 5.14. The van der Waals surface area contributed by atoms with Crippen molar-refractivity contribution in [2.24, 2.45) is 5.73 Å². The maximum atomic E-state index is 11.2. The van der Waals surface area contributed by atoms with Crippen LogP contribution in [-0.2, 0) is 6.54 Å². The summed E-state index contributed by atoms with van der Waals surface area (Å²) in [6.07, 6.45) is 3.03. The van der Waals surface area contributed by atoms with Crippen molar-refractivity contribution in [2.75, 3.05) is 7.11 Å². The highest BCUT2D eigenvalue weighted by Gasteiger charge is 2.09. The second-order valence-electron chi connectivity index (χ2n) is 3.58. The van der Waals surface area contributed by atoms with Crippen LogP contribution >= 0.6 is 0 Å². The maximum absolute atomic E-state index is 11.2. The summed E-state index contributed by atoms with van der Waals surface area (Å²) < 4.78 is 6.94. The van der Waals surface area contributed by atoms with Crippen LogP contribution in [0.5, 0.6) is 5.75 Å². The van der Waals surface area contributed by atoms with Gasteiger partial charge in [-0.05, 0) is 6.07 Å². The standard InChI is InChI=1S/C12H13N3O2/c1-17-11-5-3-2-4-9(11)7-15-8-14-6-10(15)12(13)16/h2-6,8H,7H2,1H3,(H2,13,16). The van der Waals surface area contributed by atoms with Gasteiger partial charge >= 0.3 is 0 Å². The zero-order chi connectivity index (χ0) is 12.3.